The maximum Gasteiger partial charge on any atom is 0.159 e. The number of hydrogen-bond acceptors (Lipinski definition) is 3. The van der Waals surface area contributed by atoms with Crippen molar-refractivity contribution >= 4 is 99.2 Å². The lowest BCUT2D eigenvalue weighted by atomic mass is 9.82. The molecule has 0 saturated heterocycles. The summed E-state index contributed by atoms with van der Waals surface area (Å²) in [5, 5.41) is 12.0. The standard InChI is InChI=1S/C73H50N2O/c1-73(2)66-27-13-11-22-60(66)61-43-42-55(46-67(61)73)74(69-44-51-16-3-5-18-56(51)58-20-7-9-23-62(58)69)53-38-34-49(35-39-53)47-30-32-48(33-31-47)50-36-40-54(41-37-50)75(68-28-15-26-65-64-25-12-14-29-71(64)76-72(65)68)70-45-52-17-4-6-19-57(52)59-21-8-10-24-63(59)70/h3-46H,1-2H3. The summed E-state index contributed by atoms with van der Waals surface area (Å²) >= 11 is 0. The van der Waals surface area contributed by atoms with E-state index in [1.54, 1.807) is 0 Å². The van der Waals surface area contributed by atoms with Crippen LogP contribution in [0.2, 0.25) is 0 Å². The van der Waals surface area contributed by atoms with Crippen LogP contribution in [-0.4, -0.2) is 0 Å². The first-order valence-corrected chi connectivity index (χ1v) is 26.3. The molecule has 1 aliphatic rings. The molecule has 13 aromatic carbocycles. The van der Waals surface area contributed by atoms with Crippen molar-refractivity contribution < 1.29 is 4.42 Å². The van der Waals surface area contributed by atoms with Crippen LogP contribution in [0.25, 0.3) is 98.4 Å². The van der Waals surface area contributed by atoms with Crippen LogP contribution < -0.4 is 9.80 Å². The molecule has 0 amide bonds. The summed E-state index contributed by atoms with van der Waals surface area (Å²) in [4.78, 5) is 4.84. The van der Waals surface area contributed by atoms with Gasteiger partial charge in [0.2, 0.25) is 0 Å². The Hall–Kier alpha value is -9.70. The Bertz CT molecular complexity index is 4600. The van der Waals surface area contributed by atoms with E-state index in [0.29, 0.717) is 0 Å². The molecule has 14 aromatic rings. The molecule has 1 aliphatic carbocycles. The fourth-order valence-electron chi connectivity index (χ4n) is 12.5. The normalized spacial score (nSPS) is 12.7. The van der Waals surface area contributed by atoms with Crippen molar-refractivity contribution in [2.24, 2.45) is 0 Å². The summed E-state index contributed by atoms with van der Waals surface area (Å²) < 4.78 is 6.72. The molecule has 0 unspecified atom stereocenters. The lowest BCUT2D eigenvalue weighted by Gasteiger charge is -2.29. The van der Waals surface area contributed by atoms with Gasteiger partial charge in [0, 0.05) is 44.0 Å². The first-order chi connectivity index (χ1) is 37.4. The lowest BCUT2D eigenvalue weighted by molar-refractivity contribution is 0.660. The molecular formula is C73H50N2O. The topological polar surface area (TPSA) is 19.6 Å². The average Bonchev–Trinajstić information content (AvgIpc) is 4.07. The van der Waals surface area contributed by atoms with Crippen molar-refractivity contribution in [3.05, 3.63) is 278 Å². The van der Waals surface area contributed by atoms with E-state index in [0.717, 1.165) is 72.8 Å². The zero-order valence-electron chi connectivity index (χ0n) is 42.2. The highest BCUT2D eigenvalue weighted by molar-refractivity contribution is 6.17. The van der Waals surface area contributed by atoms with E-state index in [9.17, 15) is 0 Å². The number of rotatable bonds is 8. The molecule has 1 aromatic heterocycles. The van der Waals surface area contributed by atoms with Gasteiger partial charge in [-0.05, 0) is 137 Å². The molecule has 1 heterocycles. The van der Waals surface area contributed by atoms with Gasteiger partial charge in [-0.1, -0.05) is 220 Å². The highest BCUT2D eigenvalue weighted by Gasteiger charge is 2.36. The van der Waals surface area contributed by atoms with Gasteiger partial charge in [-0.2, -0.15) is 0 Å². The van der Waals surface area contributed by atoms with Gasteiger partial charge in [0.1, 0.15) is 5.58 Å². The predicted octanol–water partition coefficient (Wildman–Crippen LogP) is 20.8. The van der Waals surface area contributed by atoms with Crippen LogP contribution in [0.5, 0.6) is 0 Å². The van der Waals surface area contributed by atoms with Gasteiger partial charge < -0.3 is 14.2 Å². The van der Waals surface area contributed by atoms with Gasteiger partial charge in [-0.15, -0.1) is 0 Å². The second-order valence-electron chi connectivity index (χ2n) is 20.8. The summed E-state index contributed by atoms with van der Waals surface area (Å²) in [5.74, 6) is 0. The smallest absolute Gasteiger partial charge is 0.159 e. The molecule has 0 spiro atoms. The number of fused-ring (bicyclic) bond motifs is 12. The predicted molar refractivity (Wildman–Crippen MR) is 322 cm³/mol. The number of para-hydroxylation sites is 2. The largest absolute Gasteiger partial charge is 0.454 e. The third kappa shape index (κ3) is 6.90. The maximum atomic E-state index is 6.72. The zero-order chi connectivity index (χ0) is 50.5. The third-order valence-corrected chi connectivity index (χ3v) is 16.2. The third-order valence-electron chi connectivity index (χ3n) is 16.2. The molecule has 76 heavy (non-hydrogen) atoms. The fraction of sp³-hybridized carbons (Fsp3) is 0.0411. The van der Waals surface area contributed by atoms with Crippen molar-refractivity contribution in [3.63, 3.8) is 0 Å². The molecule has 3 heteroatoms. The highest BCUT2D eigenvalue weighted by Crippen LogP contribution is 2.52. The zero-order valence-corrected chi connectivity index (χ0v) is 42.2. The number of benzene rings is 13. The molecule has 0 saturated carbocycles. The Labute approximate surface area is 441 Å². The van der Waals surface area contributed by atoms with Crippen molar-refractivity contribution in [3.8, 4) is 33.4 Å². The van der Waals surface area contributed by atoms with Crippen LogP contribution in [0.3, 0.4) is 0 Å². The number of nitrogens with zero attached hydrogens (tertiary/aromatic N) is 2. The molecule has 0 bridgehead atoms. The van der Waals surface area contributed by atoms with Gasteiger partial charge >= 0.3 is 0 Å². The first-order valence-electron chi connectivity index (χ1n) is 26.3. The summed E-state index contributed by atoms with van der Waals surface area (Å²) in [6.45, 7) is 4.72. The molecule has 0 atom stereocenters. The minimum Gasteiger partial charge on any atom is -0.454 e. The molecule has 3 nitrogen and oxygen atoms in total. The van der Waals surface area contributed by atoms with E-state index in [1.807, 2.05) is 6.07 Å². The van der Waals surface area contributed by atoms with E-state index >= 15 is 0 Å². The Kier molecular flexibility index (Phi) is 9.92. The van der Waals surface area contributed by atoms with E-state index < -0.39 is 0 Å². The van der Waals surface area contributed by atoms with Gasteiger partial charge in [0.15, 0.2) is 5.58 Å². The SMILES string of the molecule is CC1(C)c2ccccc2-c2ccc(N(c3ccc(-c4ccc(-c5ccc(N(c6cc7ccccc7c7ccccc67)c6cccc7c6oc6ccccc67)cc5)cc4)cc3)c3cc4ccccc4c4ccccc34)cc21. The quantitative estimate of drug-likeness (QED) is 0.142. The van der Waals surface area contributed by atoms with Gasteiger partial charge in [-0.3, -0.25) is 0 Å². The fourth-order valence-corrected chi connectivity index (χ4v) is 12.5. The van der Waals surface area contributed by atoms with Crippen LogP contribution in [0.15, 0.2) is 271 Å². The van der Waals surface area contributed by atoms with Crippen LogP contribution >= 0.6 is 0 Å². The highest BCUT2D eigenvalue weighted by atomic mass is 16.3. The van der Waals surface area contributed by atoms with E-state index in [4.69, 9.17) is 4.42 Å². The van der Waals surface area contributed by atoms with Gasteiger partial charge in [0.25, 0.3) is 0 Å². The molecule has 0 aliphatic heterocycles. The molecule has 15 rings (SSSR count). The monoisotopic (exact) mass is 970 g/mol. The molecule has 0 radical (unpaired) electrons. The van der Waals surface area contributed by atoms with Crippen molar-refractivity contribution in [1.82, 2.24) is 0 Å². The Balaban J connectivity index is 0.792. The maximum absolute atomic E-state index is 6.72. The van der Waals surface area contributed by atoms with Gasteiger partial charge in [0.05, 0.1) is 17.1 Å². The number of furan rings is 1. The van der Waals surface area contributed by atoms with E-state index in [2.05, 4.69) is 285 Å². The summed E-state index contributed by atoms with van der Waals surface area (Å²) in [6, 6.07) is 97.6. The van der Waals surface area contributed by atoms with Crippen LogP contribution in [0.1, 0.15) is 25.0 Å². The Morgan fingerprint density at radius 1 is 0.289 bits per heavy atom. The first kappa shape index (κ1) is 43.8. The second kappa shape index (κ2) is 17.2. The Morgan fingerprint density at radius 2 is 0.724 bits per heavy atom. The van der Waals surface area contributed by atoms with Crippen LogP contribution in [0.4, 0.5) is 34.1 Å². The van der Waals surface area contributed by atoms with Crippen molar-refractivity contribution in [2.45, 2.75) is 19.3 Å². The second-order valence-corrected chi connectivity index (χ2v) is 20.8. The van der Waals surface area contributed by atoms with E-state index in [1.165, 1.54) is 70.9 Å². The summed E-state index contributed by atoms with van der Waals surface area (Å²) in [6.07, 6.45) is 0. The minimum absolute atomic E-state index is 0.129. The van der Waals surface area contributed by atoms with Crippen molar-refractivity contribution in [2.75, 3.05) is 9.80 Å². The minimum atomic E-state index is -0.129. The Morgan fingerprint density at radius 3 is 1.33 bits per heavy atom. The average molecular weight is 971 g/mol. The lowest BCUT2D eigenvalue weighted by Crippen LogP contribution is -2.16. The molecule has 0 N–H and O–H groups in total. The summed E-state index contributed by atoms with van der Waals surface area (Å²) in [5.41, 5.74) is 18.2. The van der Waals surface area contributed by atoms with Crippen molar-refractivity contribution in [1.29, 1.82) is 0 Å². The summed E-state index contributed by atoms with van der Waals surface area (Å²) in [7, 11) is 0. The number of anilines is 6. The van der Waals surface area contributed by atoms with Crippen LogP contribution in [0, 0.1) is 0 Å². The molecular weight excluding hydrogens is 921 g/mol. The molecule has 0 fully saturated rings. The molecule has 358 valence electrons. The van der Waals surface area contributed by atoms with Crippen LogP contribution in [-0.2, 0) is 5.41 Å². The van der Waals surface area contributed by atoms with E-state index in [-0.39, 0.29) is 5.41 Å². The number of hydrogen-bond donors (Lipinski definition) is 0. The van der Waals surface area contributed by atoms with Gasteiger partial charge in [-0.25, -0.2) is 0 Å².